The van der Waals surface area contributed by atoms with Crippen molar-refractivity contribution in [2.75, 3.05) is 0 Å². The predicted molar refractivity (Wildman–Crippen MR) is 72.1 cm³/mol. The van der Waals surface area contributed by atoms with Crippen molar-refractivity contribution in [2.24, 2.45) is 0 Å². The van der Waals surface area contributed by atoms with Crippen LogP contribution < -0.4 is 5.32 Å². The summed E-state index contributed by atoms with van der Waals surface area (Å²) in [6, 6.07) is 0.382. The van der Waals surface area contributed by atoms with Gasteiger partial charge in [-0.3, -0.25) is 9.59 Å². The number of amides is 1. The van der Waals surface area contributed by atoms with E-state index >= 15 is 0 Å². The van der Waals surface area contributed by atoms with Gasteiger partial charge in [-0.05, 0) is 37.3 Å². The summed E-state index contributed by atoms with van der Waals surface area (Å²) < 4.78 is 0. The highest BCUT2D eigenvalue weighted by atomic mass is 32.1. The lowest BCUT2D eigenvalue weighted by Crippen LogP contribution is -2.41. The van der Waals surface area contributed by atoms with Crippen LogP contribution in [0.4, 0.5) is 0 Å². The molecule has 0 radical (unpaired) electrons. The summed E-state index contributed by atoms with van der Waals surface area (Å²) in [7, 11) is 0. The van der Waals surface area contributed by atoms with Gasteiger partial charge in [-0.15, -0.1) is 11.3 Å². The number of rotatable bonds is 5. The number of hydrogen-bond acceptors (Lipinski definition) is 4. The zero-order valence-electron chi connectivity index (χ0n) is 10.7. The number of aliphatic carboxylic acids is 2. The van der Waals surface area contributed by atoms with Gasteiger partial charge in [0.05, 0.1) is 11.3 Å². The number of nitrogens with one attached hydrogen (secondary N) is 1. The first-order valence-corrected chi connectivity index (χ1v) is 7.16. The zero-order chi connectivity index (χ0) is 14.7. The minimum absolute atomic E-state index is 0.452. The standard InChI is InChI=1S/C13H15NO5S/c15-11(16)6-8(13(18)19)14-12(17)10-5-7-3-1-2-4-9(7)20-10/h5,8H,1-4,6H2,(H,14,17)(H,15,16)(H,18,19)/t8-/m0/s1. The highest BCUT2D eigenvalue weighted by Gasteiger charge is 2.25. The highest BCUT2D eigenvalue weighted by molar-refractivity contribution is 7.14. The Kier molecular flexibility index (Phi) is 4.39. The van der Waals surface area contributed by atoms with Crippen molar-refractivity contribution >= 4 is 29.2 Å². The molecule has 20 heavy (non-hydrogen) atoms. The second-order valence-electron chi connectivity index (χ2n) is 4.73. The Hall–Kier alpha value is -1.89. The topological polar surface area (TPSA) is 104 Å². The van der Waals surface area contributed by atoms with Crippen LogP contribution in [0, 0.1) is 0 Å². The quantitative estimate of drug-likeness (QED) is 0.759. The molecule has 0 aromatic carbocycles. The lowest BCUT2D eigenvalue weighted by atomic mass is 9.99. The molecule has 0 saturated heterocycles. The van der Waals surface area contributed by atoms with Crippen molar-refractivity contribution < 1.29 is 24.6 Å². The van der Waals surface area contributed by atoms with Crippen molar-refractivity contribution in [3.63, 3.8) is 0 Å². The Balaban J connectivity index is 2.08. The second kappa shape index (κ2) is 6.04. The summed E-state index contributed by atoms with van der Waals surface area (Å²) in [6.45, 7) is 0. The van der Waals surface area contributed by atoms with Crippen molar-refractivity contribution in [2.45, 2.75) is 38.1 Å². The molecule has 1 amide bonds. The Morgan fingerprint density at radius 3 is 2.55 bits per heavy atom. The summed E-state index contributed by atoms with van der Waals surface area (Å²) in [5.74, 6) is -3.12. The molecule has 3 N–H and O–H groups in total. The summed E-state index contributed by atoms with van der Waals surface area (Å²) >= 11 is 1.36. The molecule has 0 aliphatic heterocycles. The summed E-state index contributed by atoms with van der Waals surface area (Å²) in [5.41, 5.74) is 1.15. The third kappa shape index (κ3) is 3.36. The first-order valence-electron chi connectivity index (χ1n) is 6.34. The largest absolute Gasteiger partial charge is 0.481 e. The van der Waals surface area contributed by atoms with Crippen LogP contribution in [0.1, 0.15) is 39.4 Å². The van der Waals surface area contributed by atoms with Gasteiger partial charge >= 0.3 is 11.9 Å². The van der Waals surface area contributed by atoms with Gasteiger partial charge in [0.15, 0.2) is 0 Å². The lowest BCUT2D eigenvalue weighted by Gasteiger charge is -2.11. The van der Waals surface area contributed by atoms with E-state index in [1.165, 1.54) is 16.2 Å². The lowest BCUT2D eigenvalue weighted by molar-refractivity contribution is -0.145. The van der Waals surface area contributed by atoms with Crippen molar-refractivity contribution in [3.8, 4) is 0 Å². The van der Waals surface area contributed by atoms with Crippen LogP contribution in [-0.4, -0.2) is 34.1 Å². The maximum atomic E-state index is 12.0. The molecule has 108 valence electrons. The molecule has 1 aliphatic carbocycles. The van der Waals surface area contributed by atoms with Crippen molar-refractivity contribution in [1.29, 1.82) is 0 Å². The van der Waals surface area contributed by atoms with E-state index in [4.69, 9.17) is 10.2 Å². The SMILES string of the molecule is O=C(O)C[C@H](NC(=O)c1cc2c(s1)CCCC2)C(=O)O. The Labute approximate surface area is 119 Å². The molecule has 0 unspecified atom stereocenters. The Morgan fingerprint density at radius 1 is 1.25 bits per heavy atom. The van der Waals surface area contributed by atoms with E-state index in [0.717, 1.165) is 31.2 Å². The molecule has 6 nitrogen and oxygen atoms in total. The highest BCUT2D eigenvalue weighted by Crippen LogP contribution is 2.29. The molecule has 1 aliphatic rings. The third-order valence-electron chi connectivity index (χ3n) is 3.20. The predicted octanol–water partition coefficient (Wildman–Crippen LogP) is 1.28. The molecule has 0 fully saturated rings. The van der Waals surface area contributed by atoms with Crippen LogP contribution in [0.15, 0.2) is 6.07 Å². The molecule has 0 spiro atoms. The van der Waals surface area contributed by atoms with Gasteiger partial charge in [-0.25, -0.2) is 4.79 Å². The monoisotopic (exact) mass is 297 g/mol. The fourth-order valence-corrected chi connectivity index (χ4v) is 3.36. The number of carbonyl (C=O) groups is 3. The third-order valence-corrected chi connectivity index (χ3v) is 4.44. The average molecular weight is 297 g/mol. The second-order valence-corrected chi connectivity index (χ2v) is 5.87. The molecule has 1 heterocycles. The molecule has 2 rings (SSSR count). The normalized spacial score (nSPS) is 15.2. The molecular weight excluding hydrogens is 282 g/mol. The number of thiophene rings is 1. The van der Waals surface area contributed by atoms with Crippen molar-refractivity contribution in [3.05, 3.63) is 21.4 Å². The van der Waals surface area contributed by atoms with Crippen LogP contribution >= 0.6 is 11.3 Å². The summed E-state index contributed by atoms with van der Waals surface area (Å²) in [5, 5.41) is 19.8. The van der Waals surface area contributed by atoms with E-state index < -0.39 is 30.3 Å². The van der Waals surface area contributed by atoms with Gasteiger partial charge in [0, 0.05) is 4.88 Å². The Morgan fingerprint density at radius 2 is 1.95 bits per heavy atom. The van der Waals surface area contributed by atoms with Gasteiger partial charge in [0.2, 0.25) is 0 Å². The van der Waals surface area contributed by atoms with Crippen LogP contribution in [0.3, 0.4) is 0 Å². The summed E-state index contributed by atoms with van der Waals surface area (Å²) in [4.78, 5) is 35.1. The van der Waals surface area contributed by atoms with Crippen LogP contribution in [0.25, 0.3) is 0 Å². The molecule has 0 bridgehead atoms. The van der Waals surface area contributed by atoms with E-state index in [1.807, 2.05) is 0 Å². The van der Waals surface area contributed by atoms with E-state index in [-0.39, 0.29) is 0 Å². The number of fused-ring (bicyclic) bond motifs is 1. The molecule has 0 saturated carbocycles. The van der Waals surface area contributed by atoms with Crippen LogP contribution in [-0.2, 0) is 22.4 Å². The van der Waals surface area contributed by atoms with E-state index in [2.05, 4.69) is 5.32 Å². The number of carboxylic acids is 2. The molecular formula is C13H15NO5S. The first kappa shape index (κ1) is 14.5. The van der Waals surface area contributed by atoms with E-state index in [1.54, 1.807) is 6.07 Å². The van der Waals surface area contributed by atoms with Crippen molar-refractivity contribution in [1.82, 2.24) is 5.32 Å². The Bertz CT molecular complexity index is 527. The fraction of sp³-hybridized carbons (Fsp3) is 0.462. The van der Waals surface area contributed by atoms with Gasteiger partial charge in [0.25, 0.3) is 5.91 Å². The van der Waals surface area contributed by atoms with Gasteiger partial charge in [-0.2, -0.15) is 0 Å². The van der Waals surface area contributed by atoms with Gasteiger partial charge in [-0.1, -0.05) is 0 Å². The van der Waals surface area contributed by atoms with E-state index in [0.29, 0.717) is 4.88 Å². The first-order chi connectivity index (χ1) is 9.47. The number of carboxylic acid groups (broad SMARTS) is 2. The maximum absolute atomic E-state index is 12.0. The average Bonchev–Trinajstić information content (AvgIpc) is 2.81. The molecule has 7 heteroatoms. The number of carbonyl (C=O) groups excluding carboxylic acids is 1. The minimum atomic E-state index is -1.40. The number of aryl methyl sites for hydroxylation is 2. The molecule has 1 aromatic rings. The molecule has 1 aromatic heterocycles. The summed E-state index contributed by atoms with van der Waals surface area (Å²) in [6.07, 6.45) is 3.46. The van der Waals surface area contributed by atoms with Crippen LogP contribution in [0.2, 0.25) is 0 Å². The van der Waals surface area contributed by atoms with Crippen LogP contribution in [0.5, 0.6) is 0 Å². The fourth-order valence-electron chi connectivity index (χ4n) is 2.21. The maximum Gasteiger partial charge on any atom is 0.326 e. The zero-order valence-corrected chi connectivity index (χ0v) is 11.5. The smallest absolute Gasteiger partial charge is 0.326 e. The van der Waals surface area contributed by atoms with Gasteiger partial charge in [0.1, 0.15) is 6.04 Å². The van der Waals surface area contributed by atoms with E-state index in [9.17, 15) is 14.4 Å². The minimum Gasteiger partial charge on any atom is -0.481 e. The number of hydrogen-bond donors (Lipinski definition) is 3. The molecule has 1 atom stereocenters. The van der Waals surface area contributed by atoms with Gasteiger partial charge < -0.3 is 15.5 Å².